The van der Waals surface area contributed by atoms with Crippen LogP contribution in [0.2, 0.25) is 0 Å². The molecule has 0 aromatic rings. The Morgan fingerprint density at radius 1 is 1.00 bits per heavy atom. The Balaban J connectivity index is 0.000000276. The molecule has 0 aliphatic carbocycles. The molecule has 7 nitrogen and oxygen atoms in total. The molecule has 23 heavy (non-hydrogen) atoms. The van der Waals surface area contributed by atoms with Crippen LogP contribution in [-0.4, -0.2) is 52.1 Å². The van der Waals surface area contributed by atoms with E-state index in [0.29, 0.717) is 11.9 Å². The van der Waals surface area contributed by atoms with Gasteiger partial charge in [-0.05, 0) is 50.5 Å². The van der Waals surface area contributed by atoms with Crippen LogP contribution in [0.3, 0.4) is 0 Å². The highest BCUT2D eigenvalue weighted by molar-refractivity contribution is 5.77. The minimum absolute atomic E-state index is 0.449. The molecule has 4 aliphatic heterocycles. The number of piperidine rings is 4. The fraction of sp³-hybridized carbons (Fsp3) is 0.933. The van der Waals surface area contributed by atoms with Gasteiger partial charge in [0.05, 0.1) is 14.9 Å². The summed E-state index contributed by atoms with van der Waals surface area (Å²) in [5.41, 5.74) is 0. The van der Waals surface area contributed by atoms with Crippen LogP contribution in [0, 0.1) is 22.1 Å². The van der Waals surface area contributed by atoms with Crippen molar-refractivity contribution in [3.05, 3.63) is 0 Å². The van der Waals surface area contributed by atoms with Gasteiger partial charge in [0.1, 0.15) is 0 Å². The number of hydrogen-bond donors (Lipinski definition) is 1. The minimum Gasteiger partial charge on any atom is -0.339 e. The zero-order valence-corrected chi connectivity index (χ0v) is 14.0. The van der Waals surface area contributed by atoms with Crippen LogP contribution in [0.15, 0.2) is 0 Å². The first-order valence-corrected chi connectivity index (χ1v) is 9.76. The first kappa shape index (κ1) is 17.4. The van der Waals surface area contributed by atoms with E-state index in [1.165, 1.54) is 45.2 Å². The second-order valence-corrected chi connectivity index (χ2v) is 8.01. The third-order valence-electron chi connectivity index (χ3n) is 5.87. The van der Waals surface area contributed by atoms with E-state index in [4.69, 9.17) is 18.6 Å². The highest BCUT2D eigenvalue weighted by Gasteiger charge is 2.47. The van der Waals surface area contributed by atoms with Gasteiger partial charge in [-0.1, -0.05) is 6.42 Å². The molecule has 4 heterocycles. The average molecular weight is 349 g/mol. The summed E-state index contributed by atoms with van der Waals surface area (Å²) in [4.78, 5) is 17.2. The lowest BCUT2D eigenvalue weighted by Crippen LogP contribution is -2.64. The molecule has 0 spiro atoms. The zero-order valence-electron chi connectivity index (χ0n) is 13.2. The van der Waals surface area contributed by atoms with Crippen molar-refractivity contribution in [2.75, 3.05) is 19.6 Å². The lowest BCUT2D eigenvalue weighted by atomic mass is 9.71. The van der Waals surface area contributed by atoms with Gasteiger partial charge >= 0.3 is 0 Å². The van der Waals surface area contributed by atoms with Crippen molar-refractivity contribution in [2.45, 2.75) is 57.0 Å². The Kier molecular flexibility index (Phi) is 5.15. The summed E-state index contributed by atoms with van der Waals surface area (Å²) in [5.74, 6) is 2.01. The molecule has 1 unspecified atom stereocenters. The van der Waals surface area contributed by atoms with E-state index in [1.807, 2.05) is 0 Å². The van der Waals surface area contributed by atoms with E-state index in [0.717, 1.165) is 37.3 Å². The van der Waals surface area contributed by atoms with Gasteiger partial charge in [-0.25, -0.2) is 0 Å². The normalized spacial score (nSPS) is 37.4. The summed E-state index contributed by atoms with van der Waals surface area (Å²) in [7, 11) is -4.69. The van der Waals surface area contributed by atoms with Gasteiger partial charge in [0, 0.05) is 31.6 Å². The Morgan fingerprint density at radius 3 is 2.39 bits per heavy atom. The van der Waals surface area contributed by atoms with E-state index in [2.05, 4.69) is 9.80 Å². The molecule has 4 saturated heterocycles. The molecule has 132 valence electrons. The van der Waals surface area contributed by atoms with Crippen molar-refractivity contribution in [3.8, 4) is 0 Å². The molecular formula is C15H25ClN2O5. The van der Waals surface area contributed by atoms with E-state index in [1.54, 1.807) is 0 Å². The Hall–Kier alpha value is -0.440. The van der Waals surface area contributed by atoms with E-state index in [9.17, 15) is 4.79 Å². The van der Waals surface area contributed by atoms with E-state index >= 15 is 0 Å². The van der Waals surface area contributed by atoms with Crippen molar-refractivity contribution in [1.29, 1.82) is 0 Å². The summed E-state index contributed by atoms with van der Waals surface area (Å²) in [5, 5.41) is 0. The zero-order chi connectivity index (χ0) is 16.6. The van der Waals surface area contributed by atoms with Gasteiger partial charge in [-0.3, -0.25) is 9.69 Å². The van der Waals surface area contributed by atoms with E-state index < -0.39 is 10.2 Å². The Morgan fingerprint density at radius 2 is 1.65 bits per heavy atom. The third-order valence-corrected chi connectivity index (χ3v) is 5.87. The number of carbonyl (C=O) groups is 1. The second-order valence-electron chi connectivity index (χ2n) is 7.22. The van der Waals surface area contributed by atoms with Crippen LogP contribution in [0.4, 0.5) is 0 Å². The van der Waals surface area contributed by atoms with Crippen molar-refractivity contribution < 1.29 is 33.7 Å². The summed E-state index contributed by atoms with van der Waals surface area (Å²) in [6.07, 6.45) is 8.78. The average Bonchev–Trinajstić information content (AvgIpc) is 2.47. The Bertz CT molecular complexity index is 438. The monoisotopic (exact) mass is 348 g/mol. The highest BCUT2D eigenvalue weighted by atomic mass is 35.7. The number of rotatable bonds is 0. The number of amides is 1. The quantitative estimate of drug-likeness (QED) is 0.529. The molecule has 1 N–H and O–H groups in total. The fourth-order valence-corrected chi connectivity index (χ4v) is 5.10. The van der Waals surface area contributed by atoms with Crippen LogP contribution in [0.1, 0.15) is 44.9 Å². The molecule has 8 heteroatoms. The Labute approximate surface area is 138 Å². The molecule has 0 aromatic heterocycles. The largest absolute Gasteiger partial charge is 0.339 e. The topological polar surface area (TPSA) is 113 Å². The third kappa shape index (κ3) is 4.15. The fourth-order valence-electron chi connectivity index (χ4n) is 5.10. The van der Waals surface area contributed by atoms with Crippen LogP contribution in [-0.2, 0) is 4.79 Å². The standard InChI is InChI=1S/C15H24N2O.ClHO4/c18-15-6-3-5-14-11-8-12(10-17(14)15)13-4-1-2-7-16(13)9-11;2-1(3,4)5/h11-14H,1-10H2;(H,2,3,4,5)/t11?,12-,13-,14+;/m0./s1. The number of nitrogens with zero attached hydrogens (tertiary/aromatic N) is 2. The van der Waals surface area contributed by atoms with Gasteiger partial charge in [-0.2, -0.15) is 14.0 Å². The molecule has 1 amide bonds. The smallest absolute Gasteiger partial charge is 0.222 e. The molecule has 0 aromatic carbocycles. The van der Waals surface area contributed by atoms with Gasteiger partial charge in [0.2, 0.25) is 5.91 Å². The molecular weight excluding hydrogens is 324 g/mol. The van der Waals surface area contributed by atoms with Crippen molar-refractivity contribution in [3.63, 3.8) is 0 Å². The van der Waals surface area contributed by atoms with E-state index in [-0.39, 0.29) is 0 Å². The predicted molar refractivity (Wildman–Crippen MR) is 72.4 cm³/mol. The van der Waals surface area contributed by atoms with Gasteiger partial charge in [0.15, 0.2) is 0 Å². The lowest BCUT2D eigenvalue weighted by Gasteiger charge is -2.56. The number of hydrogen-bond acceptors (Lipinski definition) is 6. The number of halogens is 1. The molecule has 0 saturated carbocycles. The van der Waals surface area contributed by atoms with Crippen molar-refractivity contribution in [1.82, 2.24) is 9.80 Å². The SMILES string of the molecule is O=C1CCC[C@@H]2C3C[C@@H](CN12)[C@@H]1CCCCN1C3.[O-][Cl+3]([O-])([O-])O. The molecule has 2 bridgehead atoms. The maximum Gasteiger partial charge on any atom is 0.222 e. The predicted octanol–water partition coefficient (Wildman–Crippen LogP) is -2.25. The van der Waals surface area contributed by atoms with Gasteiger partial charge in [-0.15, -0.1) is 0 Å². The minimum atomic E-state index is -4.69. The number of fused-ring (bicyclic) bond motifs is 6. The van der Waals surface area contributed by atoms with Crippen LogP contribution < -0.4 is 14.0 Å². The van der Waals surface area contributed by atoms with Crippen molar-refractivity contribution >= 4 is 5.91 Å². The molecule has 4 aliphatic rings. The molecule has 4 fully saturated rings. The van der Waals surface area contributed by atoms with Gasteiger partial charge in [0.25, 0.3) is 0 Å². The maximum atomic E-state index is 12.1. The summed E-state index contributed by atoms with van der Waals surface area (Å²) >= 11 is 0. The summed E-state index contributed by atoms with van der Waals surface area (Å²) in [6, 6.07) is 1.39. The van der Waals surface area contributed by atoms with Crippen LogP contribution in [0.25, 0.3) is 0 Å². The molecule has 0 radical (unpaired) electrons. The first-order valence-electron chi connectivity index (χ1n) is 8.49. The first-order chi connectivity index (χ1) is 10.8. The summed E-state index contributed by atoms with van der Waals surface area (Å²) < 4.78 is 32.7. The molecule has 4 atom stereocenters. The number of carbonyl (C=O) groups excluding carboxylic acids is 1. The lowest BCUT2D eigenvalue weighted by molar-refractivity contribution is -1.92. The maximum absolute atomic E-state index is 12.1. The summed E-state index contributed by atoms with van der Waals surface area (Å²) in [6.45, 7) is 3.66. The second kappa shape index (κ2) is 6.82. The van der Waals surface area contributed by atoms with Crippen LogP contribution >= 0.6 is 0 Å². The highest BCUT2D eigenvalue weighted by Crippen LogP contribution is 2.42. The van der Waals surface area contributed by atoms with Crippen molar-refractivity contribution in [2.24, 2.45) is 11.8 Å². The van der Waals surface area contributed by atoms with Gasteiger partial charge < -0.3 is 4.90 Å². The molecule has 4 rings (SSSR count). The van der Waals surface area contributed by atoms with Crippen LogP contribution in [0.5, 0.6) is 0 Å².